The highest BCUT2D eigenvalue weighted by atomic mass is 19.3. The van der Waals surface area contributed by atoms with Crippen molar-refractivity contribution in [3.63, 3.8) is 0 Å². The zero-order chi connectivity index (χ0) is 17.6. The molecule has 0 aliphatic heterocycles. The van der Waals surface area contributed by atoms with Gasteiger partial charge in [-0.25, -0.2) is 18.7 Å². The predicted octanol–water partition coefficient (Wildman–Crippen LogP) is 4.03. The summed E-state index contributed by atoms with van der Waals surface area (Å²) in [5.74, 6) is 0.543. The molecule has 0 saturated carbocycles. The first kappa shape index (κ1) is 15.5. The summed E-state index contributed by atoms with van der Waals surface area (Å²) in [5.41, 5.74) is 2.68. The third-order valence-corrected chi connectivity index (χ3v) is 3.92. The number of nitrogens with zero attached hydrogens (tertiary/aromatic N) is 4. The number of aromatic nitrogens is 5. The average molecular weight is 342 g/mol. The van der Waals surface area contributed by atoms with Crippen molar-refractivity contribution >= 4 is 22.6 Å². The number of alkyl halides is 2. The van der Waals surface area contributed by atoms with Crippen LogP contribution in [-0.4, -0.2) is 30.4 Å². The second-order valence-electron chi connectivity index (χ2n) is 6.09. The van der Waals surface area contributed by atoms with E-state index in [1.54, 1.807) is 24.7 Å². The molecule has 4 aromatic heterocycles. The predicted molar refractivity (Wildman–Crippen MR) is 91.8 cm³/mol. The summed E-state index contributed by atoms with van der Waals surface area (Å²) in [7, 11) is 0. The second kappa shape index (κ2) is 5.80. The van der Waals surface area contributed by atoms with Crippen LogP contribution in [0.5, 0.6) is 0 Å². The first-order valence-electron chi connectivity index (χ1n) is 7.89. The fraction of sp³-hybridized carbons (Fsp3) is 0.235. The molecule has 4 heterocycles. The van der Waals surface area contributed by atoms with Crippen LogP contribution in [0.25, 0.3) is 27.8 Å². The lowest BCUT2D eigenvalue weighted by Crippen LogP contribution is -2.12. The van der Waals surface area contributed by atoms with Crippen molar-refractivity contribution in [3.8, 4) is 11.1 Å². The molecule has 0 aromatic carbocycles. The monoisotopic (exact) mass is 342 g/mol. The summed E-state index contributed by atoms with van der Waals surface area (Å²) in [6, 6.07) is 3.79. The molecule has 0 aliphatic rings. The van der Waals surface area contributed by atoms with Crippen LogP contribution in [0.4, 0.5) is 14.7 Å². The van der Waals surface area contributed by atoms with Crippen LogP contribution < -0.4 is 5.32 Å². The van der Waals surface area contributed by atoms with Crippen LogP contribution in [-0.2, 0) is 0 Å². The molecule has 0 unspecified atom stereocenters. The summed E-state index contributed by atoms with van der Waals surface area (Å²) in [6.07, 6.45) is 3.81. The molecule has 0 aliphatic carbocycles. The number of rotatable bonds is 4. The number of H-pyrrole nitrogens is 1. The van der Waals surface area contributed by atoms with Gasteiger partial charge in [-0.15, -0.1) is 0 Å². The summed E-state index contributed by atoms with van der Waals surface area (Å²) in [6.45, 7) is 4.02. The first-order valence-corrected chi connectivity index (χ1v) is 7.89. The Balaban J connectivity index is 1.81. The molecule has 4 rings (SSSR count). The van der Waals surface area contributed by atoms with E-state index in [9.17, 15) is 8.78 Å². The number of anilines is 1. The Morgan fingerprint density at radius 3 is 2.76 bits per heavy atom. The third-order valence-electron chi connectivity index (χ3n) is 3.92. The van der Waals surface area contributed by atoms with Crippen LogP contribution in [0, 0.1) is 0 Å². The van der Waals surface area contributed by atoms with E-state index < -0.39 is 6.43 Å². The summed E-state index contributed by atoms with van der Waals surface area (Å²) in [4.78, 5) is 15.9. The molecule has 2 N–H and O–H groups in total. The van der Waals surface area contributed by atoms with Crippen molar-refractivity contribution < 1.29 is 8.78 Å². The molecule has 0 saturated heterocycles. The van der Waals surface area contributed by atoms with Gasteiger partial charge in [0.15, 0.2) is 0 Å². The summed E-state index contributed by atoms with van der Waals surface area (Å²) in [5, 5.41) is 3.97. The van der Waals surface area contributed by atoms with Gasteiger partial charge in [0.2, 0.25) is 5.95 Å². The Labute approximate surface area is 141 Å². The number of imidazole rings is 1. The largest absolute Gasteiger partial charge is 0.352 e. The number of nitrogens with one attached hydrogen (secondary N) is 2. The first-order chi connectivity index (χ1) is 12.0. The van der Waals surface area contributed by atoms with Crippen molar-refractivity contribution in [2.45, 2.75) is 26.3 Å². The lowest BCUT2D eigenvalue weighted by atomic mass is 10.1. The van der Waals surface area contributed by atoms with E-state index in [2.05, 4.69) is 25.3 Å². The van der Waals surface area contributed by atoms with Crippen molar-refractivity contribution in [2.24, 2.45) is 0 Å². The minimum absolute atomic E-state index is 0.128. The number of hydrogen-bond acceptors (Lipinski definition) is 4. The van der Waals surface area contributed by atoms with E-state index in [0.717, 1.165) is 16.5 Å². The van der Waals surface area contributed by atoms with E-state index in [1.165, 1.54) is 10.6 Å². The van der Waals surface area contributed by atoms with Gasteiger partial charge in [-0.1, -0.05) is 0 Å². The van der Waals surface area contributed by atoms with Gasteiger partial charge in [0.1, 0.15) is 17.0 Å². The highest BCUT2D eigenvalue weighted by molar-refractivity contribution is 5.93. The van der Waals surface area contributed by atoms with Crippen LogP contribution in [0.2, 0.25) is 0 Å². The standard InChI is InChI=1S/C17H16F2N6/c1-9(2)23-17-22-6-12-11(5-21-16(12)24-17)10-3-4-14-20-7-13(15(18)19)25(14)8-10/h3-9,15H,1-2H3,(H2,21,22,23,24). The van der Waals surface area contributed by atoms with Crippen molar-refractivity contribution in [1.82, 2.24) is 24.3 Å². The van der Waals surface area contributed by atoms with Gasteiger partial charge in [-0.2, -0.15) is 4.98 Å². The smallest absolute Gasteiger partial charge is 0.280 e. The quantitative estimate of drug-likeness (QED) is 0.587. The molecule has 6 nitrogen and oxygen atoms in total. The Morgan fingerprint density at radius 1 is 1.16 bits per heavy atom. The van der Waals surface area contributed by atoms with Crippen molar-refractivity contribution in [1.29, 1.82) is 0 Å². The number of aromatic amines is 1. The number of fused-ring (bicyclic) bond motifs is 2. The Kier molecular flexibility index (Phi) is 3.60. The highest BCUT2D eigenvalue weighted by Crippen LogP contribution is 2.29. The molecule has 0 bridgehead atoms. The zero-order valence-corrected chi connectivity index (χ0v) is 13.7. The molecule has 0 spiro atoms. The third kappa shape index (κ3) is 2.69. The molecule has 128 valence electrons. The maximum absolute atomic E-state index is 13.1. The van der Waals surface area contributed by atoms with E-state index in [0.29, 0.717) is 17.2 Å². The zero-order valence-electron chi connectivity index (χ0n) is 13.7. The minimum atomic E-state index is -2.58. The second-order valence-corrected chi connectivity index (χ2v) is 6.09. The average Bonchev–Trinajstić information content (AvgIpc) is 3.16. The van der Waals surface area contributed by atoms with Crippen LogP contribution in [0.1, 0.15) is 26.0 Å². The fourth-order valence-electron chi connectivity index (χ4n) is 2.79. The minimum Gasteiger partial charge on any atom is -0.352 e. The normalized spacial score (nSPS) is 11.9. The SMILES string of the molecule is CC(C)Nc1ncc2c(-c3ccc4ncc(C(F)F)n4c3)c[nH]c2n1. The molecule has 25 heavy (non-hydrogen) atoms. The molecule has 0 amide bonds. The van der Waals surface area contributed by atoms with E-state index in [1.807, 2.05) is 19.9 Å². The molecule has 0 fully saturated rings. The van der Waals surface area contributed by atoms with Gasteiger partial charge in [-0.05, 0) is 26.0 Å². The van der Waals surface area contributed by atoms with Crippen molar-refractivity contribution in [2.75, 3.05) is 5.32 Å². The topological polar surface area (TPSA) is 70.9 Å². The van der Waals surface area contributed by atoms with Gasteiger partial charge in [-0.3, -0.25) is 4.40 Å². The van der Waals surface area contributed by atoms with Crippen LogP contribution in [0.3, 0.4) is 0 Å². The fourth-order valence-corrected chi connectivity index (χ4v) is 2.79. The number of hydrogen-bond donors (Lipinski definition) is 2. The molecular formula is C17H16F2N6. The van der Waals surface area contributed by atoms with Crippen molar-refractivity contribution in [3.05, 3.63) is 42.6 Å². The van der Waals surface area contributed by atoms with Gasteiger partial charge < -0.3 is 10.3 Å². The van der Waals surface area contributed by atoms with Gasteiger partial charge in [0, 0.05) is 41.1 Å². The van der Waals surface area contributed by atoms with Crippen LogP contribution in [0.15, 0.2) is 36.9 Å². The summed E-state index contributed by atoms with van der Waals surface area (Å²) < 4.78 is 27.6. The maximum Gasteiger partial charge on any atom is 0.280 e. The molecule has 0 atom stereocenters. The van der Waals surface area contributed by atoms with Crippen LogP contribution >= 0.6 is 0 Å². The van der Waals surface area contributed by atoms with Gasteiger partial charge in [0.25, 0.3) is 6.43 Å². The molecule has 0 radical (unpaired) electrons. The highest BCUT2D eigenvalue weighted by Gasteiger charge is 2.15. The van der Waals surface area contributed by atoms with E-state index >= 15 is 0 Å². The Bertz CT molecular complexity index is 1050. The van der Waals surface area contributed by atoms with E-state index in [4.69, 9.17) is 0 Å². The molecule has 4 aromatic rings. The molecule has 8 heteroatoms. The Morgan fingerprint density at radius 2 is 2.00 bits per heavy atom. The lowest BCUT2D eigenvalue weighted by molar-refractivity contribution is 0.145. The number of halogens is 2. The molecular weight excluding hydrogens is 326 g/mol. The maximum atomic E-state index is 13.1. The van der Waals surface area contributed by atoms with Gasteiger partial charge in [0.05, 0.1) is 6.20 Å². The Hall–Kier alpha value is -3.03. The van der Waals surface area contributed by atoms with E-state index in [-0.39, 0.29) is 11.7 Å². The lowest BCUT2D eigenvalue weighted by Gasteiger charge is -2.07. The van der Waals surface area contributed by atoms with Gasteiger partial charge >= 0.3 is 0 Å². The summed E-state index contributed by atoms with van der Waals surface area (Å²) >= 11 is 0. The number of pyridine rings is 1.